The summed E-state index contributed by atoms with van der Waals surface area (Å²) in [5, 5.41) is 9.19. The minimum Gasteiger partial charge on any atom is -0.508 e. The van der Waals surface area contributed by atoms with Crippen molar-refractivity contribution >= 4 is 0 Å². The Morgan fingerprint density at radius 1 is 1.50 bits per heavy atom. The van der Waals surface area contributed by atoms with Gasteiger partial charge in [0.05, 0.1) is 6.61 Å². The van der Waals surface area contributed by atoms with E-state index in [9.17, 15) is 5.11 Å². The van der Waals surface area contributed by atoms with E-state index in [2.05, 4.69) is 6.92 Å². The minimum absolute atomic E-state index is 0.280. The first-order valence-electron chi connectivity index (χ1n) is 4.23. The Morgan fingerprint density at radius 2 is 2.33 bits per heavy atom. The fourth-order valence-corrected chi connectivity index (χ4v) is 1.56. The lowest BCUT2D eigenvalue weighted by Crippen LogP contribution is -2.11. The molecule has 0 spiro atoms. The average Bonchev–Trinajstić information content (AvgIpc) is 2.04. The summed E-state index contributed by atoms with van der Waals surface area (Å²) >= 11 is 0. The summed E-state index contributed by atoms with van der Waals surface area (Å²) in [6, 6.07) is 5.34. The largest absolute Gasteiger partial charge is 0.508 e. The maximum atomic E-state index is 9.19. The average molecular weight is 164 g/mol. The first-order valence-corrected chi connectivity index (χ1v) is 4.23. The van der Waals surface area contributed by atoms with Crippen LogP contribution in [0.1, 0.15) is 24.8 Å². The number of aromatic hydroxyl groups is 1. The van der Waals surface area contributed by atoms with Gasteiger partial charge in [0.1, 0.15) is 11.5 Å². The first kappa shape index (κ1) is 7.47. The van der Waals surface area contributed by atoms with Crippen LogP contribution in [0, 0.1) is 0 Å². The minimum atomic E-state index is 0.280. The third-order valence-electron chi connectivity index (χ3n) is 2.34. The molecule has 2 rings (SSSR count). The molecule has 0 fully saturated rings. The second-order valence-electron chi connectivity index (χ2n) is 3.26. The molecule has 1 heterocycles. The van der Waals surface area contributed by atoms with Crippen LogP contribution in [0.3, 0.4) is 0 Å². The highest BCUT2D eigenvalue weighted by atomic mass is 16.5. The van der Waals surface area contributed by atoms with E-state index in [4.69, 9.17) is 4.74 Å². The Balaban J connectivity index is 2.46. The predicted octanol–water partition coefficient (Wildman–Crippen LogP) is 2.28. The molecule has 64 valence electrons. The standard InChI is InChI=1S/C10H12O2/c1-7-4-5-12-10-6-8(11)2-3-9(7)10/h2-3,6-7,11H,4-5H2,1H3/t7-/m0/s1. The second-order valence-corrected chi connectivity index (χ2v) is 3.26. The van der Waals surface area contributed by atoms with E-state index < -0.39 is 0 Å². The fourth-order valence-electron chi connectivity index (χ4n) is 1.56. The molecule has 0 aromatic heterocycles. The zero-order chi connectivity index (χ0) is 8.55. The van der Waals surface area contributed by atoms with Crippen LogP contribution in [0.2, 0.25) is 0 Å². The molecule has 0 bridgehead atoms. The zero-order valence-corrected chi connectivity index (χ0v) is 7.08. The van der Waals surface area contributed by atoms with Gasteiger partial charge in [-0.2, -0.15) is 0 Å². The van der Waals surface area contributed by atoms with E-state index in [0.29, 0.717) is 5.92 Å². The second kappa shape index (κ2) is 2.70. The van der Waals surface area contributed by atoms with Crippen LogP contribution < -0.4 is 4.74 Å². The number of fused-ring (bicyclic) bond motifs is 1. The molecule has 0 amide bonds. The number of phenolic OH excluding ortho intramolecular Hbond substituents is 1. The van der Waals surface area contributed by atoms with Crippen LogP contribution in [0.25, 0.3) is 0 Å². The Bertz CT molecular complexity index is 294. The summed E-state index contributed by atoms with van der Waals surface area (Å²) in [4.78, 5) is 0. The summed E-state index contributed by atoms with van der Waals surface area (Å²) in [6.45, 7) is 2.94. The monoisotopic (exact) mass is 164 g/mol. The van der Waals surface area contributed by atoms with Gasteiger partial charge in [0, 0.05) is 6.07 Å². The lowest BCUT2D eigenvalue weighted by Gasteiger charge is -2.22. The Kier molecular flexibility index (Phi) is 1.68. The summed E-state index contributed by atoms with van der Waals surface area (Å²) in [6.07, 6.45) is 1.07. The number of rotatable bonds is 0. The van der Waals surface area contributed by atoms with Crippen molar-refractivity contribution in [3.05, 3.63) is 23.8 Å². The number of phenols is 1. The lowest BCUT2D eigenvalue weighted by molar-refractivity contribution is 0.270. The lowest BCUT2D eigenvalue weighted by atomic mass is 9.95. The molecule has 1 N–H and O–H groups in total. The van der Waals surface area contributed by atoms with Crippen LogP contribution in [0.4, 0.5) is 0 Å². The molecular weight excluding hydrogens is 152 g/mol. The van der Waals surface area contributed by atoms with Gasteiger partial charge in [0.25, 0.3) is 0 Å². The number of benzene rings is 1. The van der Waals surface area contributed by atoms with Gasteiger partial charge in [-0.25, -0.2) is 0 Å². The van der Waals surface area contributed by atoms with Crippen molar-refractivity contribution in [2.24, 2.45) is 0 Å². The maximum Gasteiger partial charge on any atom is 0.126 e. The van der Waals surface area contributed by atoms with Gasteiger partial charge in [0.15, 0.2) is 0 Å². The molecule has 0 unspecified atom stereocenters. The van der Waals surface area contributed by atoms with Gasteiger partial charge >= 0.3 is 0 Å². The Hall–Kier alpha value is -1.18. The van der Waals surface area contributed by atoms with E-state index in [1.807, 2.05) is 6.07 Å². The summed E-state index contributed by atoms with van der Waals surface area (Å²) < 4.78 is 5.41. The van der Waals surface area contributed by atoms with Crippen molar-refractivity contribution in [2.45, 2.75) is 19.3 Å². The predicted molar refractivity (Wildman–Crippen MR) is 46.6 cm³/mol. The van der Waals surface area contributed by atoms with Gasteiger partial charge in [-0.05, 0) is 24.0 Å². The normalized spacial score (nSPS) is 21.2. The summed E-state index contributed by atoms with van der Waals surface area (Å²) in [5.74, 6) is 1.67. The molecule has 0 saturated heterocycles. The topological polar surface area (TPSA) is 29.5 Å². The highest BCUT2D eigenvalue weighted by molar-refractivity contribution is 5.42. The first-order chi connectivity index (χ1) is 5.77. The summed E-state index contributed by atoms with van der Waals surface area (Å²) in [5.41, 5.74) is 1.21. The van der Waals surface area contributed by atoms with Crippen LogP contribution in [0.15, 0.2) is 18.2 Å². The van der Waals surface area contributed by atoms with E-state index in [1.165, 1.54) is 5.56 Å². The van der Waals surface area contributed by atoms with E-state index in [0.717, 1.165) is 18.8 Å². The number of hydrogen-bond acceptors (Lipinski definition) is 2. The molecule has 0 radical (unpaired) electrons. The molecule has 0 aliphatic carbocycles. The molecular formula is C10H12O2. The molecule has 1 atom stereocenters. The van der Waals surface area contributed by atoms with Crippen molar-refractivity contribution in [2.75, 3.05) is 6.61 Å². The molecule has 2 heteroatoms. The Labute approximate surface area is 71.8 Å². The van der Waals surface area contributed by atoms with Gasteiger partial charge in [-0.1, -0.05) is 13.0 Å². The molecule has 12 heavy (non-hydrogen) atoms. The van der Waals surface area contributed by atoms with Crippen molar-refractivity contribution < 1.29 is 9.84 Å². The van der Waals surface area contributed by atoms with E-state index >= 15 is 0 Å². The summed E-state index contributed by atoms with van der Waals surface area (Å²) in [7, 11) is 0. The van der Waals surface area contributed by atoms with Crippen molar-refractivity contribution in [3.8, 4) is 11.5 Å². The smallest absolute Gasteiger partial charge is 0.126 e. The highest BCUT2D eigenvalue weighted by Crippen LogP contribution is 2.35. The van der Waals surface area contributed by atoms with Crippen molar-refractivity contribution in [1.82, 2.24) is 0 Å². The van der Waals surface area contributed by atoms with Gasteiger partial charge < -0.3 is 9.84 Å². The molecule has 2 nitrogen and oxygen atoms in total. The van der Waals surface area contributed by atoms with Gasteiger partial charge in [-0.3, -0.25) is 0 Å². The third kappa shape index (κ3) is 1.13. The molecule has 1 aromatic rings. The molecule has 1 aliphatic rings. The van der Waals surface area contributed by atoms with Gasteiger partial charge in [-0.15, -0.1) is 0 Å². The number of hydrogen-bond donors (Lipinski definition) is 1. The van der Waals surface area contributed by atoms with Crippen molar-refractivity contribution in [3.63, 3.8) is 0 Å². The Morgan fingerprint density at radius 3 is 3.17 bits per heavy atom. The molecule has 0 saturated carbocycles. The maximum absolute atomic E-state index is 9.19. The van der Waals surface area contributed by atoms with Gasteiger partial charge in [0.2, 0.25) is 0 Å². The van der Waals surface area contributed by atoms with Crippen LogP contribution in [-0.2, 0) is 0 Å². The molecule has 1 aromatic carbocycles. The van der Waals surface area contributed by atoms with Crippen molar-refractivity contribution in [1.29, 1.82) is 0 Å². The third-order valence-corrected chi connectivity index (χ3v) is 2.34. The van der Waals surface area contributed by atoms with E-state index in [-0.39, 0.29) is 5.75 Å². The SMILES string of the molecule is C[C@H]1CCOc2cc(O)ccc21. The zero-order valence-electron chi connectivity index (χ0n) is 7.08. The fraction of sp³-hybridized carbons (Fsp3) is 0.400. The highest BCUT2D eigenvalue weighted by Gasteiger charge is 2.17. The molecule has 1 aliphatic heterocycles. The number of ether oxygens (including phenoxy) is 1. The van der Waals surface area contributed by atoms with Crippen LogP contribution in [-0.4, -0.2) is 11.7 Å². The quantitative estimate of drug-likeness (QED) is 0.637. The van der Waals surface area contributed by atoms with E-state index in [1.54, 1.807) is 12.1 Å². The van der Waals surface area contributed by atoms with Crippen LogP contribution >= 0.6 is 0 Å². The van der Waals surface area contributed by atoms with Crippen LogP contribution in [0.5, 0.6) is 11.5 Å².